The molecule has 1 aromatic rings. The average Bonchev–Trinajstić information content (AvgIpc) is 2.45. The Morgan fingerprint density at radius 1 is 1.21 bits per heavy atom. The molecular formula is C16H21NO2. The minimum absolute atomic E-state index is 0.0808. The van der Waals surface area contributed by atoms with Crippen LogP contribution in [0.1, 0.15) is 24.4 Å². The summed E-state index contributed by atoms with van der Waals surface area (Å²) < 4.78 is 0. The van der Waals surface area contributed by atoms with Gasteiger partial charge < -0.3 is 10.4 Å². The molecule has 1 rings (SSSR count). The van der Waals surface area contributed by atoms with E-state index >= 15 is 0 Å². The summed E-state index contributed by atoms with van der Waals surface area (Å²) in [6, 6.07) is 9.07. The Morgan fingerprint density at radius 2 is 1.79 bits per heavy atom. The number of aliphatic hydroxyl groups is 1. The van der Waals surface area contributed by atoms with Crippen molar-refractivity contribution in [2.24, 2.45) is 5.92 Å². The highest BCUT2D eigenvalue weighted by molar-refractivity contribution is 5.79. The van der Waals surface area contributed by atoms with Crippen molar-refractivity contribution in [1.82, 2.24) is 5.32 Å². The highest BCUT2D eigenvalue weighted by Crippen LogP contribution is 2.15. The van der Waals surface area contributed by atoms with Crippen LogP contribution in [0.25, 0.3) is 0 Å². The van der Waals surface area contributed by atoms with Gasteiger partial charge in [-0.1, -0.05) is 42.5 Å². The molecule has 2 N–H and O–H groups in total. The molecule has 1 atom stereocenters. The molecule has 0 unspecified atom stereocenters. The van der Waals surface area contributed by atoms with E-state index in [4.69, 9.17) is 0 Å². The van der Waals surface area contributed by atoms with Crippen LogP contribution in [0.3, 0.4) is 0 Å². The van der Waals surface area contributed by atoms with Crippen LogP contribution in [-0.4, -0.2) is 17.6 Å². The van der Waals surface area contributed by atoms with Crippen molar-refractivity contribution in [2.75, 3.05) is 6.61 Å². The molecule has 0 aliphatic carbocycles. The quantitative estimate of drug-likeness (QED) is 0.705. The van der Waals surface area contributed by atoms with E-state index in [-0.39, 0.29) is 24.5 Å². The number of benzene rings is 1. The monoisotopic (exact) mass is 259 g/mol. The van der Waals surface area contributed by atoms with E-state index in [1.807, 2.05) is 30.3 Å². The first-order chi connectivity index (χ1) is 9.22. The third kappa shape index (κ3) is 4.72. The van der Waals surface area contributed by atoms with E-state index in [2.05, 4.69) is 18.5 Å². The second-order valence-corrected chi connectivity index (χ2v) is 4.40. The minimum Gasteiger partial charge on any atom is -0.394 e. The molecule has 1 aromatic carbocycles. The van der Waals surface area contributed by atoms with Crippen molar-refractivity contribution in [3.8, 4) is 0 Å². The molecule has 0 aliphatic rings. The van der Waals surface area contributed by atoms with Crippen molar-refractivity contribution < 1.29 is 9.90 Å². The maximum Gasteiger partial charge on any atom is 0.224 e. The number of hydrogen-bond acceptors (Lipinski definition) is 2. The molecule has 0 aromatic heterocycles. The van der Waals surface area contributed by atoms with Gasteiger partial charge in [0.15, 0.2) is 0 Å². The second-order valence-electron chi connectivity index (χ2n) is 4.40. The van der Waals surface area contributed by atoms with Gasteiger partial charge in [-0.15, -0.1) is 13.2 Å². The van der Waals surface area contributed by atoms with E-state index in [1.54, 1.807) is 12.2 Å². The van der Waals surface area contributed by atoms with E-state index in [1.165, 1.54) is 0 Å². The van der Waals surface area contributed by atoms with Crippen LogP contribution < -0.4 is 5.32 Å². The Morgan fingerprint density at radius 3 is 2.26 bits per heavy atom. The maximum absolute atomic E-state index is 12.1. The number of hydrogen-bond donors (Lipinski definition) is 2. The fraction of sp³-hybridized carbons (Fsp3) is 0.312. The summed E-state index contributed by atoms with van der Waals surface area (Å²) in [6.07, 6.45) is 4.66. The summed E-state index contributed by atoms with van der Waals surface area (Å²) in [5.41, 5.74) is 0.898. The number of aliphatic hydroxyl groups excluding tert-OH is 1. The third-order valence-electron chi connectivity index (χ3n) is 2.97. The predicted molar refractivity (Wildman–Crippen MR) is 77.5 cm³/mol. The van der Waals surface area contributed by atoms with Gasteiger partial charge in [-0.3, -0.25) is 4.79 Å². The van der Waals surface area contributed by atoms with Crippen LogP contribution in [-0.2, 0) is 4.79 Å². The van der Waals surface area contributed by atoms with Gasteiger partial charge in [-0.25, -0.2) is 0 Å². The summed E-state index contributed by atoms with van der Waals surface area (Å²) in [7, 11) is 0. The lowest BCUT2D eigenvalue weighted by molar-refractivity contribution is -0.125. The largest absolute Gasteiger partial charge is 0.394 e. The van der Waals surface area contributed by atoms with E-state index < -0.39 is 0 Å². The molecule has 0 saturated carbocycles. The lowest BCUT2D eigenvalue weighted by Crippen LogP contribution is -2.35. The standard InChI is InChI=1S/C16H21NO2/c1-3-8-14(9-4-2)16(19)17-15(12-18)13-10-6-5-7-11-13/h3-7,10-11,14-15,18H,1-2,8-9,12H2,(H,17,19)/t15-/m1/s1. The van der Waals surface area contributed by atoms with Crippen LogP contribution in [0, 0.1) is 5.92 Å². The van der Waals surface area contributed by atoms with E-state index in [0.717, 1.165) is 5.56 Å². The first-order valence-corrected chi connectivity index (χ1v) is 6.40. The molecule has 3 nitrogen and oxygen atoms in total. The molecule has 0 aliphatic heterocycles. The predicted octanol–water partition coefficient (Wildman–Crippen LogP) is 2.60. The van der Waals surface area contributed by atoms with Gasteiger partial charge in [0, 0.05) is 5.92 Å². The van der Waals surface area contributed by atoms with Gasteiger partial charge >= 0.3 is 0 Å². The number of amides is 1. The number of allylic oxidation sites excluding steroid dienone is 2. The van der Waals surface area contributed by atoms with Crippen molar-refractivity contribution >= 4 is 5.91 Å². The van der Waals surface area contributed by atoms with Crippen LogP contribution >= 0.6 is 0 Å². The lowest BCUT2D eigenvalue weighted by Gasteiger charge is -2.20. The maximum atomic E-state index is 12.1. The third-order valence-corrected chi connectivity index (χ3v) is 2.97. The van der Waals surface area contributed by atoms with Gasteiger partial charge in [0.2, 0.25) is 5.91 Å². The van der Waals surface area contributed by atoms with Crippen LogP contribution in [0.2, 0.25) is 0 Å². The summed E-state index contributed by atoms with van der Waals surface area (Å²) in [4.78, 5) is 12.1. The van der Waals surface area contributed by atoms with Gasteiger partial charge in [-0.05, 0) is 18.4 Å². The Balaban J connectivity index is 2.71. The first-order valence-electron chi connectivity index (χ1n) is 6.40. The smallest absolute Gasteiger partial charge is 0.224 e. The topological polar surface area (TPSA) is 49.3 Å². The highest BCUT2D eigenvalue weighted by atomic mass is 16.3. The van der Waals surface area contributed by atoms with Crippen molar-refractivity contribution in [1.29, 1.82) is 0 Å². The molecule has 3 heteroatoms. The first kappa shape index (κ1) is 15.2. The van der Waals surface area contributed by atoms with Gasteiger partial charge in [0.1, 0.15) is 0 Å². The number of carbonyl (C=O) groups is 1. The Hall–Kier alpha value is -1.87. The zero-order valence-electron chi connectivity index (χ0n) is 11.1. The number of rotatable bonds is 8. The molecule has 0 fully saturated rings. The van der Waals surface area contributed by atoms with Gasteiger partial charge in [0.05, 0.1) is 12.6 Å². The molecule has 0 radical (unpaired) electrons. The zero-order valence-corrected chi connectivity index (χ0v) is 11.1. The normalized spacial score (nSPS) is 11.9. The molecule has 0 saturated heterocycles. The zero-order chi connectivity index (χ0) is 14.1. The molecule has 102 valence electrons. The summed E-state index contributed by atoms with van der Waals surface area (Å²) in [5.74, 6) is -0.254. The average molecular weight is 259 g/mol. The van der Waals surface area contributed by atoms with Crippen LogP contribution in [0.15, 0.2) is 55.6 Å². The number of carbonyl (C=O) groups excluding carboxylic acids is 1. The Kier molecular flexibility index (Phi) is 6.61. The van der Waals surface area contributed by atoms with E-state index in [9.17, 15) is 9.90 Å². The summed E-state index contributed by atoms with van der Waals surface area (Å²) in [6.45, 7) is 7.20. The fourth-order valence-electron chi connectivity index (χ4n) is 1.92. The summed E-state index contributed by atoms with van der Waals surface area (Å²) in [5, 5.41) is 12.3. The van der Waals surface area contributed by atoms with Gasteiger partial charge in [0.25, 0.3) is 0 Å². The van der Waals surface area contributed by atoms with Crippen molar-refractivity contribution in [3.05, 3.63) is 61.2 Å². The second kappa shape index (κ2) is 8.27. The summed E-state index contributed by atoms with van der Waals surface area (Å²) >= 11 is 0. The van der Waals surface area contributed by atoms with E-state index in [0.29, 0.717) is 12.8 Å². The minimum atomic E-state index is -0.370. The van der Waals surface area contributed by atoms with Crippen molar-refractivity contribution in [2.45, 2.75) is 18.9 Å². The lowest BCUT2D eigenvalue weighted by atomic mass is 9.99. The Bertz CT molecular complexity index is 404. The molecular weight excluding hydrogens is 238 g/mol. The van der Waals surface area contributed by atoms with Gasteiger partial charge in [-0.2, -0.15) is 0 Å². The highest BCUT2D eigenvalue weighted by Gasteiger charge is 2.19. The molecule has 19 heavy (non-hydrogen) atoms. The van der Waals surface area contributed by atoms with Crippen LogP contribution in [0.4, 0.5) is 0 Å². The molecule has 0 bridgehead atoms. The van der Waals surface area contributed by atoms with Crippen LogP contribution in [0.5, 0.6) is 0 Å². The Labute approximate surface area is 114 Å². The molecule has 0 spiro atoms. The van der Waals surface area contributed by atoms with Crippen molar-refractivity contribution in [3.63, 3.8) is 0 Å². The SMILES string of the molecule is C=CCC(CC=C)C(=O)N[C@H](CO)c1ccccc1. The molecule has 0 heterocycles. The fourth-order valence-corrected chi connectivity index (χ4v) is 1.92. The molecule has 1 amide bonds. The number of nitrogens with one attached hydrogen (secondary N) is 1.